The van der Waals surface area contributed by atoms with Crippen LogP contribution < -0.4 is 9.64 Å². The van der Waals surface area contributed by atoms with Gasteiger partial charge in [-0.15, -0.1) is 0 Å². The van der Waals surface area contributed by atoms with Gasteiger partial charge in [0.15, 0.2) is 11.5 Å². The van der Waals surface area contributed by atoms with E-state index in [4.69, 9.17) is 16.3 Å². The summed E-state index contributed by atoms with van der Waals surface area (Å²) < 4.78 is 5.15. The van der Waals surface area contributed by atoms with Gasteiger partial charge < -0.3 is 14.9 Å². The first-order valence-corrected chi connectivity index (χ1v) is 9.07. The van der Waals surface area contributed by atoms with Crippen molar-refractivity contribution in [3.8, 4) is 11.5 Å². The van der Waals surface area contributed by atoms with E-state index in [0.29, 0.717) is 17.0 Å². The minimum Gasteiger partial charge on any atom is -0.508 e. The van der Waals surface area contributed by atoms with Crippen LogP contribution in [0.25, 0.3) is 0 Å². The smallest absolute Gasteiger partial charge is 0.294 e. The van der Waals surface area contributed by atoms with E-state index in [1.54, 1.807) is 38.1 Å². The first-order valence-electron chi connectivity index (χ1n) is 8.69. The van der Waals surface area contributed by atoms with Gasteiger partial charge >= 0.3 is 0 Å². The van der Waals surface area contributed by atoms with Gasteiger partial charge in [0.25, 0.3) is 5.91 Å². The number of aromatic hydroxyl groups is 1. The molecule has 2 aromatic carbocycles. The van der Waals surface area contributed by atoms with Crippen molar-refractivity contribution in [1.29, 1.82) is 0 Å². The Labute approximate surface area is 167 Å². The van der Waals surface area contributed by atoms with Gasteiger partial charge in [0, 0.05) is 11.6 Å². The summed E-state index contributed by atoms with van der Waals surface area (Å²) in [6, 6.07) is 10.1. The van der Waals surface area contributed by atoms with E-state index in [-0.39, 0.29) is 22.1 Å². The van der Waals surface area contributed by atoms with Crippen LogP contribution in [0.4, 0.5) is 5.69 Å². The van der Waals surface area contributed by atoms with Crippen molar-refractivity contribution < 1.29 is 24.5 Å². The molecule has 2 aromatic rings. The molecule has 7 heteroatoms. The Morgan fingerprint density at radius 2 is 1.89 bits per heavy atom. The number of nitrogens with zero attached hydrogens (tertiary/aromatic N) is 1. The predicted octanol–water partition coefficient (Wildman–Crippen LogP) is 4.18. The van der Waals surface area contributed by atoms with E-state index < -0.39 is 23.6 Å². The minimum absolute atomic E-state index is 0.00228. The minimum atomic E-state index is -0.890. The number of aliphatic hydroxyl groups is 1. The second kappa shape index (κ2) is 7.56. The van der Waals surface area contributed by atoms with Gasteiger partial charge in [-0.05, 0) is 35.9 Å². The molecule has 1 aliphatic rings. The quantitative estimate of drug-likeness (QED) is 0.784. The lowest BCUT2D eigenvalue weighted by Gasteiger charge is -2.27. The Morgan fingerprint density at radius 3 is 2.46 bits per heavy atom. The van der Waals surface area contributed by atoms with Crippen molar-refractivity contribution in [3.63, 3.8) is 0 Å². The molecule has 1 atom stereocenters. The molecule has 3 rings (SSSR count). The highest BCUT2D eigenvalue weighted by Crippen LogP contribution is 2.43. The molecule has 1 amide bonds. The highest BCUT2D eigenvalue weighted by Gasteiger charge is 2.45. The number of benzene rings is 2. The Balaban J connectivity index is 2.20. The van der Waals surface area contributed by atoms with Crippen molar-refractivity contribution in [3.05, 3.63) is 64.4 Å². The molecule has 28 heavy (non-hydrogen) atoms. The van der Waals surface area contributed by atoms with Crippen LogP contribution in [0, 0.1) is 5.92 Å². The summed E-state index contributed by atoms with van der Waals surface area (Å²) >= 11 is 6.21. The van der Waals surface area contributed by atoms with Crippen LogP contribution in [0.5, 0.6) is 11.5 Å². The normalized spacial score (nSPS) is 16.8. The van der Waals surface area contributed by atoms with Gasteiger partial charge in [-0.2, -0.15) is 0 Å². The fourth-order valence-electron chi connectivity index (χ4n) is 3.25. The number of ketones is 1. The molecule has 0 fully saturated rings. The van der Waals surface area contributed by atoms with E-state index in [9.17, 15) is 19.8 Å². The van der Waals surface area contributed by atoms with Gasteiger partial charge in [0.1, 0.15) is 11.5 Å². The van der Waals surface area contributed by atoms with Crippen LogP contribution in [-0.2, 0) is 9.59 Å². The molecule has 1 unspecified atom stereocenters. The third kappa shape index (κ3) is 3.31. The molecule has 6 nitrogen and oxygen atoms in total. The maximum absolute atomic E-state index is 12.9. The zero-order valence-corrected chi connectivity index (χ0v) is 16.4. The first kappa shape index (κ1) is 19.8. The summed E-state index contributed by atoms with van der Waals surface area (Å²) in [5.74, 6) is -1.66. The average molecular weight is 402 g/mol. The average Bonchev–Trinajstić information content (AvgIpc) is 2.92. The lowest BCUT2D eigenvalue weighted by molar-refractivity contribution is -0.119. The van der Waals surface area contributed by atoms with Gasteiger partial charge in [0.2, 0.25) is 0 Å². The summed E-state index contributed by atoms with van der Waals surface area (Å²) in [6.45, 7) is 3.39. The molecule has 146 valence electrons. The highest BCUT2D eigenvalue weighted by molar-refractivity contribution is 6.32. The topological polar surface area (TPSA) is 87.1 Å². The van der Waals surface area contributed by atoms with Crippen molar-refractivity contribution in [1.82, 2.24) is 0 Å². The molecule has 1 aliphatic heterocycles. The standard InChI is InChI=1S/C21H20ClNO5/c1-11(2)19(25)17-18(12-5-4-6-14(24)9-12)23(21(27)20(17)26)13-7-8-16(28-3)15(22)10-13/h4-11,18,24,26H,1-3H3. The number of phenolic OH excluding ortho intramolecular Hbond substituents is 1. The second-order valence-corrected chi connectivity index (χ2v) is 7.18. The van der Waals surface area contributed by atoms with Crippen molar-refractivity contribution >= 4 is 29.0 Å². The summed E-state index contributed by atoms with van der Waals surface area (Å²) in [7, 11) is 1.48. The van der Waals surface area contributed by atoms with Crippen LogP contribution in [0.2, 0.25) is 5.02 Å². The number of amides is 1. The molecule has 0 aliphatic carbocycles. The third-order valence-corrected chi connectivity index (χ3v) is 4.89. The summed E-state index contributed by atoms with van der Waals surface area (Å²) in [5.41, 5.74) is 0.883. The number of methoxy groups -OCH3 is 1. The molecular formula is C21H20ClNO5. The monoisotopic (exact) mass is 401 g/mol. The van der Waals surface area contributed by atoms with Crippen molar-refractivity contribution in [2.75, 3.05) is 12.0 Å². The number of aliphatic hydroxyl groups excluding tert-OH is 1. The molecule has 2 N–H and O–H groups in total. The molecule has 1 heterocycles. The van der Waals surface area contributed by atoms with Crippen LogP contribution >= 0.6 is 11.6 Å². The van der Waals surface area contributed by atoms with Crippen molar-refractivity contribution in [2.24, 2.45) is 5.92 Å². The fourth-order valence-corrected chi connectivity index (χ4v) is 3.50. The predicted molar refractivity (Wildman–Crippen MR) is 106 cm³/mol. The van der Waals surface area contributed by atoms with Crippen LogP contribution in [0.15, 0.2) is 53.8 Å². The van der Waals surface area contributed by atoms with Crippen LogP contribution in [-0.4, -0.2) is 29.0 Å². The maximum atomic E-state index is 12.9. The molecule has 0 radical (unpaired) electrons. The Hall–Kier alpha value is -2.99. The number of rotatable bonds is 5. The number of hydrogen-bond acceptors (Lipinski definition) is 5. The SMILES string of the molecule is COc1ccc(N2C(=O)C(O)=C(C(=O)C(C)C)C2c2cccc(O)c2)cc1Cl. The van der Waals surface area contributed by atoms with Gasteiger partial charge in [-0.3, -0.25) is 14.5 Å². The molecule has 0 saturated carbocycles. The van der Waals surface area contributed by atoms with Gasteiger partial charge in [-0.1, -0.05) is 37.6 Å². The lowest BCUT2D eigenvalue weighted by Crippen LogP contribution is -2.31. The molecule has 0 bridgehead atoms. The first-order chi connectivity index (χ1) is 13.3. The number of carbonyl (C=O) groups is 2. The van der Waals surface area contributed by atoms with Crippen LogP contribution in [0.3, 0.4) is 0 Å². The third-order valence-electron chi connectivity index (χ3n) is 4.60. The van der Waals surface area contributed by atoms with Gasteiger partial charge in [0.05, 0.1) is 23.7 Å². The highest BCUT2D eigenvalue weighted by atomic mass is 35.5. The van der Waals surface area contributed by atoms with Crippen LogP contribution in [0.1, 0.15) is 25.5 Å². The summed E-state index contributed by atoms with van der Waals surface area (Å²) in [5, 5.41) is 20.7. The lowest BCUT2D eigenvalue weighted by atomic mass is 9.91. The number of ether oxygens (including phenoxy) is 1. The zero-order valence-electron chi connectivity index (χ0n) is 15.6. The number of hydrogen-bond donors (Lipinski definition) is 2. The Morgan fingerprint density at radius 1 is 1.18 bits per heavy atom. The number of phenols is 1. The van der Waals surface area contributed by atoms with Crippen molar-refractivity contribution in [2.45, 2.75) is 19.9 Å². The Bertz CT molecular complexity index is 983. The van der Waals surface area contributed by atoms with E-state index >= 15 is 0 Å². The number of anilines is 1. The fraction of sp³-hybridized carbons (Fsp3) is 0.238. The Kier molecular flexibility index (Phi) is 5.34. The van der Waals surface area contributed by atoms with E-state index in [2.05, 4.69) is 0 Å². The number of Topliss-reactive ketones (excluding diaryl/α,β-unsaturated/α-hetero) is 1. The molecule has 0 saturated heterocycles. The largest absolute Gasteiger partial charge is 0.508 e. The summed E-state index contributed by atoms with van der Waals surface area (Å²) in [4.78, 5) is 27.0. The molecule has 0 spiro atoms. The zero-order chi connectivity index (χ0) is 20.6. The maximum Gasteiger partial charge on any atom is 0.294 e. The number of halogens is 1. The van der Waals surface area contributed by atoms with E-state index in [1.807, 2.05) is 0 Å². The number of carbonyl (C=O) groups excluding carboxylic acids is 2. The second-order valence-electron chi connectivity index (χ2n) is 6.77. The molecular weight excluding hydrogens is 382 g/mol. The van der Waals surface area contributed by atoms with Gasteiger partial charge in [-0.25, -0.2) is 0 Å². The molecule has 0 aromatic heterocycles. The summed E-state index contributed by atoms with van der Waals surface area (Å²) in [6.07, 6.45) is 0. The van der Waals surface area contributed by atoms with E-state index in [1.165, 1.54) is 30.2 Å². The van der Waals surface area contributed by atoms with E-state index in [0.717, 1.165) is 0 Å².